The SMILES string of the molecule is CN(CCCNc1cc(-c2ccccc2Cl)nc2c(Br)cnn12)S(=O)(=O)c1ccc(F)c(Cl)c1. The van der Waals surface area contributed by atoms with Gasteiger partial charge in [-0.25, -0.2) is 22.1 Å². The molecule has 0 aliphatic carbocycles. The van der Waals surface area contributed by atoms with Gasteiger partial charge in [-0.15, -0.1) is 0 Å². The predicted octanol–water partition coefficient (Wildman–Crippen LogP) is 5.73. The summed E-state index contributed by atoms with van der Waals surface area (Å²) < 4.78 is 42.5. The second-order valence-electron chi connectivity index (χ2n) is 7.42. The van der Waals surface area contributed by atoms with Crippen LogP contribution in [0.25, 0.3) is 16.9 Å². The van der Waals surface area contributed by atoms with Gasteiger partial charge in [0.1, 0.15) is 11.6 Å². The minimum absolute atomic E-state index is 0.0593. The van der Waals surface area contributed by atoms with Gasteiger partial charge < -0.3 is 5.32 Å². The van der Waals surface area contributed by atoms with Crippen molar-refractivity contribution in [2.45, 2.75) is 11.3 Å². The maximum absolute atomic E-state index is 13.4. The summed E-state index contributed by atoms with van der Waals surface area (Å²) in [5.74, 6) is 0.0130. The molecule has 0 unspecified atom stereocenters. The van der Waals surface area contributed by atoms with Crippen LogP contribution in [0.1, 0.15) is 6.42 Å². The van der Waals surface area contributed by atoms with Crippen LogP contribution in [0.4, 0.5) is 10.2 Å². The Labute approximate surface area is 214 Å². The van der Waals surface area contributed by atoms with Crippen LogP contribution < -0.4 is 5.32 Å². The molecular weight excluding hydrogens is 568 g/mol. The van der Waals surface area contributed by atoms with Gasteiger partial charge in [-0.3, -0.25) is 0 Å². The molecule has 0 bridgehead atoms. The van der Waals surface area contributed by atoms with Gasteiger partial charge in [-0.1, -0.05) is 41.4 Å². The highest BCUT2D eigenvalue weighted by Crippen LogP contribution is 2.30. The standard InChI is InChI=1S/C22H19BrCl2FN5O2S/c1-30(34(32,33)14-7-8-19(26)18(25)11-14)10-4-9-27-21-12-20(15-5-2-3-6-17(15)24)29-22-16(23)13-28-31(21)22/h2-3,5-8,11-13,27H,4,9-10H2,1H3. The number of aromatic nitrogens is 3. The van der Waals surface area contributed by atoms with Crippen LogP contribution in [0.3, 0.4) is 0 Å². The summed E-state index contributed by atoms with van der Waals surface area (Å²) in [4.78, 5) is 4.61. The molecule has 1 N–H and O–H groups in total. The summed E-state index contributed by atoms with van der Waals surface area (Å²) in [6.45, 7) is 0.696. The largest absolute Gasteiger partial charge is 0.370 e. The van der Waals surface area contributed by atoms with Crippen molar-refractivity contribution in [2.75, 3.05) is 25.5 Å². The highest BCUT2D eigenvalue weighted by atomic mass is 79.9. The average molecular weight is 587 g/mol. The van der Waals surface area contributed by atoms with E-state index in [1.165, 1.54) is 17.4 Å². The Morgan fingerprint density at radius 1 is 1.15 bits per heavy atom. The third-order valence-corrected chi connectivity index (χ3v) is 8.17. The summed E-state index contributed by atoms with van der Waals surface area (Å²) in [6, 6.07) is 12.6. The summed E-state index contributed by atoms with van der Waals surface area (Å²) in [5, 5.41) is 7.98. The first kappa shape index (κ1) is 24.9. The van der Waals surface area contributed by atoms with Crippen LogP contribution in [-0.2, 0) is 10.0 Å². The van der Waals surface area contributed by atoms with Crippen LogP contribution in [0.2, 0.25) is 10.0 Å². The van der Waals surface area contributed by atoms with Gasteiger partial charge in [0.05, 0.1) is 26.3 Å². The van der Waals surface area contributed by atoms with Crippen LogP contribution in [0, 0.1) is 5.82 Å². The predicted molar refractivity (Wildman–Crippen MR) is 135 cm³/mol. The van der Waals surface area contributed by atoms with Crippen molar-refractivity contribution < 1.29 is 12.8 Å². The first-order valence-corrected chi connectivity index (χ1v) is 13.1. The molecule has 0 saturated heterocycles. The van der Waals surface area contributed by atoms with Crippen molar-refractivity contribution in [2.24, 2.45) is 0 Å². The fourth-order valence-electron chi connectivity index (χ4n) is 3.32. The summed E-state index contributed by atoms with van der Waals surface area (Å²) in [7, 11) is -2.33. The van der Waals surface area contributed by atoms with E-state index in [9.17, 15) is 12.8 Å². The molecule has 2 aromatic heterocycles. The third kappa shape index (κ3) is 5.06. The number of nitrogens with zero attached hydrogens (tertiary/aromatic N) is 4. The number of hydrogen-bond donors (Lipinski definition) is 1. The zero-order chi connectivity index (χ0) is 24.5. The quantitative estimate of drug-likeness (QED) is 0.267. The average Bonchev–Trinajstić information content (AvgIpc) is 3.19. The van der Waals surface area contributed by atoms with E-state index in [-0.39, 0.29) is 16.5 Å². The molecule has 12 heteroatoms. The zero-order valence-electron chi connectivity index (χ0n) is 17.8. The van der Waals surface area contributed by atoms with Crippen molar-refractivity contribution in [1.29, 1.82) is 0 Å². The summed E-state index contributed by atoms with van der Waals surface area (Å²) >= 11 is 15.6. The van der Waals surface area contributed by atoms with E-state index in [1.807, 2.05) is 24.3 Å². The lowest BCUT2D eigenvalue weighted by Gasteiger charge is -2.18. The van der Waals surface area contributed by atoms with Crippen molar-refractivity contribution >= 4 is 60.6 Å². The maximum Gasteiger partial charge on any atom is 0.242 e. The van der Waals surface area contributed by atoms with Gasteiger partial charge >= 0.3 is 0 Å². The van der Waals surface area contributed by atoms with E-state index in [0.29, 0.717) is 35.1 Å². The molecule has 7 nitrogen and oxygen atoms in total. The Kier molecular flexibility index (Phi) is 7.44. The molecule has 0 spiro atoms. The van der Waals surface area contributed by atoms with Crippen molar-refractivity contribution in [3.05, 3.63) is 75.1 Å². The van der Waals surface area contributed by atoms with E-state index in [4.69, 9.17) is 23.2 Å². The van der Waals surface area contributed by atoms with Gasteiger partial charge in [0.15, 0.2) is 5.65 Å². The number of anilines is 1. The number of rotatable bonds is 8. The van der Waals surface area contributed by atoms with E-state index in [0.717, 1.165) is 22.2 Å². The smallest absolute Gasteiger partial charge is 0.242 e. The lowest BCUT2D eigenvalue weighted by molar-refractivity contribution is 0.465. The fraction of sp³-hybridized carbons (Fsp3) is 0.182. The van der Waals surface area contributed by atoms with Gasteiger partial charge in [0.2, 0.25) is 10.0 Å². The Bertz CT molecular complexity index is 1470. The van der Waals surface area contributed by atoms with Crippen molar-refractivity contribution in [1.82, 2.24) is 18.9 Å². The normalized spacial score (nSPS) is 11.9. The van der Waals surface area contributed by atoms with Gasteiger partial charge in [0.25, 0.3) is 0 Å². The highest BCUT2D eigenvalue weighted by Gasteiger charge is 2.21. The molecule has 0 saturated carbocycles. The molecular formula is C22H19BrCl2FN5O2S. The molecule has 2 heterocycles. The van der Waals surface area contributed by atoms with Gasteiger partial charge in [-0.2, -0.15) is 9.61 Å². The lowest BCUT2D eigenvalue weighted by atomic mass is 10.1. The molecule has 0 fully saturated rings. The highest BCUT2D eigenvalue weighted by molar-refractivity contribution is 9.10. The number of benzene rings is 2. The van der Waals surface area contributed by atoms with Gasteiger partial charge in [-0.05, 0) is 46.6 Å². The first-order valence-electron chi connectivity index (χ1n) is 10.1. The van der Waals surface area contributed by atoms with Crippen LogP contribution in [0.5, 0.6) is 0 Å². The molecule has 2 aromatic carbocycles. The number of nitrogens with one attached hydrogen (secondary N) is 1. The third-order valence-electron chi connectivity index (χ3n) is 5.13. The Hall–Kier alpha value is -2.24. The molecule has 0 atom stereocenters. The maximum atomic E-state index is 13.4. The fourth-order valence-corrected chi connectivity index (χ4v) is 5.39. The molecule has 4 aromatic rings. The Balaban J connectivity index is 1.48. The summed E-state index contributed by atoms with van der Waals surface area (Å²) in [5.41, 5.74) is 2.08. The van der Waals surface area contributed by atoms with Crippen molar-refractivity contribution in [3.63, 3.8) is 0 Å². The lowest BCUT2D eigenvalue weighted by Crippen LogP contribution is -2.29. The Morgan fingerprint density at radius 3 is 2.65 bits per heavy atom. The molecule has 0 aliphatic heterocycles. The van der Waals surface area contributed by atoms with E-state index in [1.54, 1.807) is 16.8 Å². The van der Waals surface area contributed by atoms with Crippen molar-refractivity contribution in [3.8, 4) is 11.3 Å². The van der Waals surface area contributed by atoms with E-state index >= 15 is 0 Å². The van der Waals surface area contributed by atoms with Crippen LogP contribution in [-0.4, -0.2) is 47.5 Å². The van der Waals surface area contributed by atoms with Crippen LogP contribution in [0.15, 0.2) is 64.1 Å². The second kappa shape index (κ2) is 10.2. The number of halogens is 4. The monoisotopic (exact) mass is 585 g/mol. The minimum Gasteiger partial charge on any atom is -0.370 e. The van der Waals surface area contributed by atoms with Crippen LogP contribution >= 0.6 is 39.1 Å². The molecule has 0 aliphatic rings. The molecule has 34 heavy (non-hydrogen) atoms. The summed E-state index contributed by atoms with van der Waals surface area (Å²) in [6.07, 6.45) is 2.15. The molecule has 0 radical (unpaired) electrons. The van der Waals surface area contributed by atoms with Gasteiger partial charge in [0, 0.05) is 36.8 Å². The zero-order valence-corrected chi connectivity index (χ0v) is 21.8. The molecule has 0 amide bonds. The van der Waals surface area contributed by atoms with E-state index in [2.05, 4.69) is 31.3 Å². The number of sulfonamides is 1. The van der Waals surface area contributed by atoms with E-state index < -0.39 is 15.8 Å². The number of hydrogen-bond acceptors (Lipinski definition) is 5. The Morgan fingerprint density at radius 2 is 1.91 bits per heavy atom. The minimum atomic E-state index is -3.80. The molecule has 4 rings (SSSR count). The second-order valence-corrected chi connectivity index (χ2v) is 11.1. The number of fused-ring (bicyclic) bond motifs is 1. The molecule has 178 valence electrons. The first-order chi connectivity index (χ1) is 16.2. The topological polar surface area (TPSA) is 79.6 Å².